The number of hydroxylamine groups is 1. The molecule has 0 aliphatic carbocycles. The maximum atomic E-state index is 13.5. The van der Waals surface area contributed by atoms with Crippen LogP contribution in [0.15, 0.2) is 59.5 Å². The molecule has 0 aromatic heterocycles. The fraction of sp³-hybridized carbons (Fsp3) is 0. The van der Waals surface area contributed by atoms with Gasteiger partial charge in [-0.25, -0.2) is 14.1 Å². The van der Waals surface area contributed by atoms with Crippen LogP contribution in [0.2, 0.25) is 0 Å². The fourth-order valence-electron chi connectivity index (χ4n) is 1.65. The Kier molecular flexibility index (Phi) is 5.40. The third kappa shape index (κ3) is 4.24. The Morgan fingerprint density at radius 2 is 1.95 bits per heavy atom. The van der Waals surface area contributed by atoms with Crippen molar-refractivity contribution >= 4 is 28.7 Å². The summed E-state index contributed by atoms with van der Waals surface area (Å²) in [5, 5.41) is 8.40. The topological polar surface area (TPSA) is 78.4 Å². The highest BCUT2D eigenvalue weighted by Gasteiger charge is 2.07. The Bertz CT molecular complexity index is 734. The number of nitrogens with one attached hydrogen (secondary N) is 2. The number of hydrogen-bond donors (Lipinski definition) is 3. The minimum atomic E-state index is -1.64. The second-order valence-corrected chi connectivity index (χ2v) is 5.45. The molecule has 0 saturated heterocycles. The number of amides is 1. The van der Waals surface area contributed by atoms with Gasteiger partial charge in [0.1, 0.15) is 16.8 Å². The molecule has 0 heterocycles. The van der Waals surface area contributed by atoms with Crippen LogP contribution in [0.1, 0.15) is 5.56 Å². The first-order chi connectivity index (χ1) is 10.6. The summed E-state index contributed by atoms with van der Waals surface area (Å²) >= 11 is 0. The van der Waals surface area contributed by atoms with Gasteiger partial charge in [0.05, 0.1) is 10.6 Å². The maximum Gasteiger partial charge on any atom is 0.267 e. The first-order valence-corrected chi connectivity index (χ1v) is 7.40. The van der Waals surface area contributed by atoms with E-state index < -0.39 is 22.7 Å². The van der Waals surface area contributed by atoms with E-state index in [0.29, 0.717) is 10.5 Å². The first kappa shape index (κ1) is 15.9. The molecule has 22 heavy (non-hydrogen) atoms. The van der Waals surface area contributed by atoms with Crippen molar-refractivity contribution in [2.24, 2.45) is 0 Å². The molecule has 3 N–H and O–H groups in total. The van der Waals surface area contributed by atoms with E-state index in [9.17, 15) is 13.4 Å². The highest BCUT2D eigenvalue weighted by Crippen LogP contribution is 2.17. The van der Waals surface area contributed by atoms with Crippen molar-refractivity contribution in [3.63, 3.8) is 0 Å². The summed E-state index contributed by atoms with van der Waals surface area (Å²) in [6, 6.07) is 12.5. The smallest absolute Gasteiger partial charge is 0.267 e. The number of carbonyl (C=O) groups excluding carboxylic acids is 1. The van der Waals surface area contributed by atoms with Gasteiger partial charge in [-0.2, -0.15) is 0 Å². The zero-order chi connectivity index (χ0) is 15.9. The van der Waals surface area contributed by atoms with E-state index in [1.54, 1.807) is 36.4 Å². The molecule has 0 spiro atoms. The SMILES string of the molecule is O=C(/C=C/c1cccc(S(=O)Nc2ccccc2F)c1)NO. The average molecular weight is 320 g/mol. The summed E-state index contributed by atoms with van der Waals surface area (Å²) < 4.78 is 28.3. The van der Waals surface area contributed by atoms with Gasteiger partial charge in [0.15, 0.2) is 0 Å². The second-order valence-electron chi connectivity index (χ2n) is 4.23. The van der Waals surface area contributed by atoms with Gasteiger partial charge in [0, 0.05) is 6.08 Å². The molecule has 0 aliphatic heterocycles. The van der Waals surface area contributed by atoms with Crippen LogP contribution in [0.3, 0.4) is 0 Å². The first-order valence-electron chi connectivity index (χ1n) is 6.25. The van der Waals surface area contributed by atoms with Crippen LogP contribution in [0.25, 0.3) is 6.08 Å². The number of benzene rings is 2. The third-order valence-corrected chi connectivity index (χ3v) is 3.77. The molecule has 1 unspecified atom stereocenters. The van der Waals surface area contributed by atoms with Crippen LogP contribution in [-0.4, -0.2) is 15.3 Å². The molecule has 2 aromatic rings. The second kappa shape index (κ2) is 7.48. The van der Waals surface area contributed by atoms with E-state index >= 15 is 0 Å². The predicted molar refractivity (Wildman–Crippen MR) is 81.8 cm³/mol. The minimum Gasteiger partial charge on any atom is -0.298 e. The Morgan fingerprint density at radius 3 is 2.68 bits per heavy atom. The largest absolute Gasteiger partial charge is 0.298 e. The molecule has 1 amide bonds. The van der Waals surface area contributed by atoms with Crippen molar-refractivity contribution in [2.75, 3.05) is 4.72 Å². The number of halogens is 1. The van der Waals surface area contributed by atoms with Gasteiger partial charge in [-0.15, -0.1) is 0 Å². The fourth-order valence-corrected chi connectivity index (χ4v) is 2.57. The molecule has 0 fully saturated rings. The van der Waals surface area contributed by atoms with Gasteiger partial charge in [0.25, 0.3) is 5.91 Å². The van der Waals surface area contributed by atoms with E-state index in [1.807, 2.05) is 0 Å². The minimum absolute atomic E-state index is 0.140. The molecular weight excluding hydrogens is 307 g/mol. The van der Waals surface area contributed by atoms with Crippen molar-refractivity contribution in [1.29, 1.82) is 0 Å². The summed E-state index contributed by atoms with van der Waals surface area (Å²) in [4.78, 5) is 11.3. The van der Waals surface area contributed by atoms with Crippen LogP contribution in [0, 0.1) is 5.82 Å². The summed E-state index contributed by atoms with van der Waals surface area (Å²) in [5.74, 6) is -1.16. The van der Waals surface area contributed by atoms with Gasteiger partial charge in [-0.1, -0.05) is 24.3 Å². The number of carbonyl (C=O) groups is 1. The summed E-state index contributed by atoms with van der Waals surface area (Å²) in [5.41, 5.74) is 2.23. The van der Waals surface area contributed by atoms with E-state index in [1.165, 1.54) is 23.7 Å². The Morgan fingerprint density at radius 1 is 1.18 bits per heavy atom. The lowest BCUT2D eigenvalue weighted by atomic mass is 10.2. The van der Waals surface area contributed by atoms with Crippen molar-refractivity contribution < 1.29 is 18.6 Å². The molecule has 114 valence electrons. The molecule has 2 rings (SSSR count). The van der Waals surface area contributed by atoms with Crippen molar-refractivity contribution in [3.8, 4) is 0 Å². The average Bonchev–Trinajstić information content (AvgIpc) is 2.55. The lowest BCUT2D eigenvalue weighted by molar-refractivity contribution is -0.124. The molecule has 0 saturated carbocycles. The normalized spacial score (nSPS) is 12.1. The predicted octanol–water partition coefficient (Wildman–Crippen LogP) is 2.48. The number of hydrogen-bond acceptors (Lipinski definition) is 3. The standard InChI is InChI=1S/C15H13FN2O3S/c16-13-6-1-2-7-14(13)18-22(21)12-5-3-4-11(10-12)8-9-15(19)17-20/h1-10,18,20H,(H,17,19)/b9-8+. The summed E-state index contributed by atoms with van der Waals surface area (Å²) in [6.45, 7) is 0. The highest BCUT2D eigenvalue weighted by molar-refractivity contribution is 7.86. The molecule has 0 aliphatic rings. The quantitative estimate of drug-likeness (QED) is 0.450. The van der Waals surface area contributed by atoms with Crippen molar-refractivity contribution in [3.05, 3.63) is 66.0 Å². The molecule has 0 radical (unpaired) electrons. The van der Waals surface area contributed by atoms with Gasteiger partial charge in [-0.05, 0) is 35.9 Å². The van der Waals surface area contributed by atoms with Crippen molar-refractivity contribution in [2.45, 2.75) is 4.90 Å². The van der Waals surface area contributed by atoms with Crippen molar-refractivity contribution in [1.82, 2.24) is 5.48 Å². The zero-order valence-electron chi connectivity index (χ0n) is 11.3. The lowest BCUT2D eigenvalue weighted by Crippen LogP contribution is -2.14. The maximum absolute atomic E-state index is 13.5. The molecule has 0 bridgehead atoms. The van der Waals surface area contributed by atoms with E-state index in [4.69, 9.17) is 5.21 Å². The van der Waals surface area contributed by atoms with Crippen LogP contribution in [-0.2, 0) is 15.8 Å². The van der Waals surface area contributed by atoms with Gasteiger partial charge in [-0.3, -0.25) is 14.7 Å². The molecule has 1 atom stereocenters. The van der Waals surface area contributed by atoms with Gasteiger partial charge >= 0.3 is 0 Å². The van der Waals surface area contributed by atoms with E-state index in [0.717, 1.165) is 6.08 Å². The monoisotopic (exact) mass is 320 g/mol. The summed E-state index contributed by atoms with van der Waals surface area (Å²) in [6.07, 6.45) is 2.59. The summed E-state index contributed by atoms with van der Waals surface area (Å²) in [7, 11) is -1.64. The molecule has 5 nitrogen and oxygen atoms in total. The Balaban J connectivity index is 2.15. The Labute approximate surface area is 129 Å². The molecular formula is C15H13FN2O3S. The third-order valence-electron chi connectivity index (χ3n) is 2.69. The molecule has 7 heteroatoms. The van der Waals surface area contributed by atoms with E-state index in [-0.39, 0.29) is 5.69 Å². The van der Waals surface area contributed by atoms with Gasteiger partial charge in [0.2, 0.25) is 0 Å². The van der Waals surface area contributed by atoms with Crippen LogP contribution < -0.4 is 10.2 Å². The number of rotatable bonds is 5. The highest BCUT2D eigenvalue weighted by atomic mass is 32.2. The zero-order valence-corrected chi connectivity index (χ0v) is 12.1. The number of para-hydroxylation sites is 1. The van der Waals surface area contributed by atoms with Crippen LogP contribution in [0.4, 0.5) is 10.1 Å². The lowest BCUT2D eigenvalue weighted by Gasteiger charge is -2.07. The number of anilines is 1. The van der Waals surface area contributed by atoms with E-state index in [2.05, 4.69) is 4.72 Å². The Hall–Kier alpha value is -2.51. The van der Waals surface area contributed by atoms with Crippen LogP contribution >= 0.6 is 0 Å². The molecule has 2 aromatic carbocycles. The van der Waals surface area contributed by atoms with Gasteiger partial charge < -0.3 is 0 Å². The van der Waals surface area contributed by atoms with Crippen LogP contribution in [0.5, 0.6) is 0 Å².